The lowest BCUT2D eigenvalue weighted by molar-refractivity contribution is 0.656. The molecule has 0 N–H and O–H groups in total. The summed E-state index contributed by atoms with van der Waals surface area (Å²) < 4.78 is 12.8. The molecule has 0 spiro atoms. The zero-order chi connectivity index (χ0) is 37.0. The molecular formula is C54H34O2. The zero-order valence-corrected chi connectivity index (χ0v) is 30.4. The summed E-state index contributed by atoms with van der Waals surface area (Å²) in [4.78, 5) is 0. The average Bonchev–Trinajstić information content (AvgIpc) is 3.82. The summed E-state index contributed by atoms with van der Waals surface area (Å²) in [7, 11) is 0. The smallest absolute Gasteiger partial charge is 0.139 e. The molecule has 0 amide bonds. The highest BCUT2D eigenvalue weighted by molar-refractivity contribution is 6.16. The molecule has 9 aromatic carbocycles. The second-order valence-corrected chi connectivity index (χ2v) is 14.5. The van der Waals surface area contributed by atoms with Crippen LogP contribution in [0.3, 0.4) is 0 Å². The van der Waals surface area contributed by atoms with Gasteiger partial charge in [0.05, 0.1) is 0 Å². The minimum atomic E-state index is 0.824. The van der Waals surface area contributed by atoms with E-state index in [1.165, 1.54) is 55.6 Å². The van der Waals surface area contributed by atoms with Gasteiger partial charge in [0.15, 0.2) is 0 Å². The van der Waals surface area contributed by atoms with Crippen LogP contribution in [0.25, 0.3) is 111 Å². The quantitative estimate of drug-likeness (QED) is 0.171. The maximum atomic E-state index is 6.39. The SMILES string of the molecule is c1ccc(-c2cccc(-c3ccc(-c4ccc5oc6cc7oc8ccc(-c9ccc(-c%10cccc(-c%11ccccc%11)c%10)cc9)cc8c7cc6c5c4)cc3)c2)cc1. The summed E-state index contributed by atoms with van der Waals surface area (Å²) in [5.41, 5.74) is 17.7. The fourth-order valence-corrected chi connectivity index (χ4v) is 8.13. The Labute approximate surface area is 324 Å². The number of hydrogen-bond donors (Lipinski definition) is 0. The van der Waals surface area contributed by atoms with E-state index in [1.807, 2.05) is 6.07 Å². The molecule has 11 aromatic rings. The van der Waals surface area contributed by atoms with Crippen molar-refractivity contribution in [1.82, 2.24) is 0 Å². The summed E-state index contributed by atoms with van der Waals surface area (Å²) in [6.07, 6.45) is 0. The molecule has 0 radical (unpaired) electrons. The van der Waals surface area contributed by atoms with Gasteiger partial charge in [0.2, 0.25) is 0 Å². The summed E-state index contributed by atoms with van der Waals surface area (Å²) in [6.45, 7) is 0. The molecule has 56 heavy (non-hydrogen) atoms. The van der Waals surface area contributed by atoms with Crippen molar-refractivity contribution >= 4 is 43.9 Å². The van der Waals surface area contributed by atoms with E-state index in [2.05, 4.69) is 200 Å². The van der Waals surface area contributed by atoms with Gasteiger partial charge in [0.25, 0.3) is 0 Å². The lowest BCUT2D eigenvalue weighted by Crippen LogP contribution is -1.83. The highest BCUT2D eigenvalue weighted by atomic mass is 16.3. The number of fused-ring (bicyclic) bond motifs is 6. The van der Waals surface area contributed by atoms with Gasteiger partial charge in [-0.3, -0.25) is 0 Å². The molecule has 2 heterocycles. The van der Waals surface area contributed by atoms with Crippen molar-refractivity contribution in [3.8, 4) is 66.8 Å². The first-order valence-electron chi connectivity index (χ1n) is 19.1. The Bertz CT molecular complexity index is 2990. The van der Waals surface area contributed by atoms with Crippen LogP contribution >= 0.6 is 0 Å². The third-order valence-corrected chi connectivity index (χ3v) is 11.1. The number of rotatable bonds is 6. The van der Waals surface area contributed by atoms with E-state index in [0.29, 0.717) is 0 Å². The second-order valence-electron chi connectivity index (χ2n) is 14.5. The Hall–Kier alpha value is -7.42. The van der Waals surface area contributed by atoms with Crippen LogP contribution in [0.4, 0.5) is 0 Å². The molecule has 0 saturated carbocycles. The second kappa shape index (κ2) is 13.2. The minimum Gasteiger partial charge on any atom is -0.456 e. The zero-order valence-electron chi connectivity index (χ0n) is 30.4. The Morgan fingerprint density at radius 3 is 0.839 bits per heavy atom. The van der Waals surface area contributed by atoms with Gasteiger partial charge in [-0.1, -0.05) is 158 Å². The molecule has 0 aliphatic carbocycles. The molecule has 0 aliphatic heterocycles. The van der Waals surface area contributed by atoms with Gasteiger partial charge in [-0.05, 0) is 109 Å². The number of furan rings is 2. The predicted molar refractivity (Wildman–Crippen MR) is 234 cm³/mol. The Morgan fingerprint density at radius 1 is 0.179 bits per heavy atom. The van der Waals surface area contributed by atoms with Crippen LogP contribution in [0.15, 0.2) is 215 Å². The van der Waals surface area contributed by atoms with E-state index in [1.54, 1.807) is 0 Å². The van der Waals surface area contributed by atoms with Crippen molar-refractivity contribution in [3.63, 3.8) is 0 Å². The molecule has 2 nitrogen and oxygen atoms in total. The van der Waals surface area contributed by atoms with Gasteiger partial charge in [-0.25, -0.2) is 0 Å². The fourth-order valence-electron chi connectivity index (χ4n) is 8.13. The standard InChI is InChI=1S/C54H34O2/c1-3-9-35(10-4-1)41-13-7-15-43(29-41)37-17-21-39(22-18-37)45-25-27-51-47(31-45)49-33-50-48-32-46(26-28-52(48)56-54(50)34-53(49)55-51)40-23-19-38(20-24-40)44-16-8-14-42(30-44)36-11-5-2-6-12-36/h1-34H. The normalized spacial score (nSPS) is 11.6. The predicted octanol–water partition coefficient (Wildman–Crippen LogP) is 15.5. The number of hydrogen-bond acceptors (Lipinski definition) is 2. The molecule has 262 valence electrons. The molecule has 0 bridgehead atoms. The third-order valence-electron chi connectivity index (χ3n) is 11.1. The highest BCUT2D eigenvalue weighted by Gasteiger charge is 2.15. The third kappa shape index (κ3) is 5.68. The summed E-state index contributed by atoms with van der Waals surface area (Å²) in [5, 5.41) is 4.35. The first-order valence-corrected chi connectivity index (χ1v) is 19.1. The lowest BCUT2D eigenvalue weighted by Gasteiger charge is -2.08. The molecular weight excluding hydrogens is 681 g/mol. The Morgan fingerprint density at radius 2 is 0.464 bits per heavy atom. The van der Waals surface area contributed by atoms with Gasteiger partial charge in [0, 0.05) is 27.6 Å². The van der Waals surface area contributed by atoms with E-state index in [9.17, 15) is 0 Å². The van der Waals surface area contributed by atoms with Crippen LogP contribution in [-0.2, 0) is 0 Å². The van der Waals surface area contributed by atoms with Crippen LogP contribution in [0.1, 0.15) is 0 Å². The molecule has 0 unspecified atom stereocenters. The van der Waals surface area contributed by atoms with Crippen molar-refractivity contribution in [2.45, 2.75) is 0 Å². The molecule has 11 rings (SSSR count). The van der Waals surface area contributed by atoms with Gasteiger partial charge < -0.3 is 8.83 Å². The Balaban J connectivity index is 0.911. The van der Waals surface area contributed by atoms with E-state index >= 15 is 0 Å². The largest absolute Gasteiger partial charge is 0.456 e. The molecule has 2 aromatic heterocycles. The van der Waals surface area contributed by atoms with Gasteiger partial charge in [-0.2, -0.15) is 0 Å². The van der Waals surface area contributed by atoms with E-state index in [0.717, 1.165) is 55.0 Å². The average molecular weight is 715 g/mol. The fraction of sp³-hybridized carbons (Fsp3) is 0. The lowest BCUT2D eigenvalue weighted by atomic mass is 9.96. The van der Waals surface area contributed by atoms with Gasteiger partial charge in [-0.15, -0.1) is 0 Å². The first-order chi connectivity index (χ1) is 27.7. The molecule has 0 atom stereocenters. The minimum absolute atomic E-state index is 0.824. The first kappa shape index (κ1) is 32.0. The summed E-state index contributed by atoms with van der Waals surface area (Å²) in [6, 6.07) is 73.5. The maximum Gasteiger partial charge on any atom is 0.139 e. The molecule has 0 saturated heterocycles. The van der Waals surface area contributed by atoms with Crippen molar-refractivity contribution in [2.75, 3.05) is 0 Å². The van der Waals surface area contributed by atoms with E-state index < -0.39 is 0 Å². The Kier molecular flexibility index (Phi) is 7.53. The summed E-state index contributed by atoms with van der Waals surface area (Å²) >= 11 is 0. The van der Waals surface area contributed by atoms with Gasteiger partial charge >= 0.3 is 0 Å². The van der Waals surface area contributed by atoms with Crippen LogP contribution in [0.5, 0.6) is 0 Å². The molecule has 0 aliphatic rings. The highest BCUT2D eigenvalue weighted by Crippen LogP contribution is 2.40. The topological polar surface area (TPSA) is 26.3 Å². The van der Waals surface area contributed by atoms with E-state index in [-0.39, 0.29) is 0 Å². The van der Waals surface area contributed by atoms with Crippen LogP contribution in [0, 0.1) is 0 Å². The van der Waals surface area contributed by atoms with Crippen molar-refractivity contribution < 1.29 is 8.83 Å². The van der Waals surface area contributed by atoms with Crippen LogP contribution in [0.2, 0.25) is 0 Å². The van der Waals surface area contributed by atoms with Gasteiger partial charge in [0.1, 0.15) is 22.3 Å². The number of benzene rings is 9. The van der Waals surface area contributed by atoms with Crippen molar-refractivity contribution in [1.29, 1.82) is 0 Å². The molecule has 0 fully saturated rings. The van der Waals surface area contributed by atoms with E-state index in [4.69, 9.17) is 8.83 Å². The van der Waals surface area contributed by atoms with Crippen molar-refractivity contribution in [3.05, 3.63) is 206 Å². The monoisotopic (exact) mass is 714 g/mol. The van der Waals surface area contributed by atoms with Crippen LogP contribution < -0.4 is 0 Å². The maximum absolute atomic E-state index is 6.39. The van der Waals surface area contributed by atoms with Crippen LogP contribution in [-0.4, -0.2) is 0 Å². The molecule has 2 heteroatoms. The van der Waals surface area contributed by atoms with Crippen molar-refractivity contribution in [2.24, 2.45) is 0 Å². The summed E-state index contributed by atoms with van der Waals surface area (Å²) in [5.74, 6) is 0.